The van der Waals surface area contributed by atoms with E-state index in [0.717, 1.165) is 12.2 Å². The number of hydrogen-bond donors (Lipinski definition) is 0. The maximum absolute atomic E-state index is 12.3. The van der Waals surface area contributed by atoms with Gasteiger partial charge in [0.1, 0.15) is 6.04 Å². The quantitative estimate of drug-likeness (QED) is 0.819. The summed E-state index contributed by atoms with van der Waals surface area (Å²) < 4.78 is 0. The van der Waals surface area contributed by atoms with E-state index in [0.29, 0.717) is 11.6 Å². The van der Waals surface area contributed by atoms with E-state index >= 15 is 0 Å². The van der Waals surface area contributed by atoms with Crippen molar-refractivity contribution in [2.45, 2.75) is 12.5 Å². The molecule has 0 saturated carbocycles. The fourth-order valence-corrected chi connectivity index (χ4v) is 2.31. The van der Waals surface area contributed by atoms with E-state index < -0.39 is 0 Å². The van der Waals surface area contributed by atoms with Crippen molar-refractivity contribution < 1.29 is 4.79 Å². The molecule has 18 heavy (non-hydrogen) atoms. The van der Waals surface area contributed by atoms with Gasteiger partial charge in [0.2, 0.25) is 5.91 Å². The highest BCUT2D eigenvalue weighted by molar-refractivity contribution is 6.30. The number of nitrogens with zero attached hydrogens (tertiary/aromatic N) is 3. The minimum atomic E-state index is -0.359. The third kappa shape index (κ3) is 2.47. The van der Waals surface area contributed by atoms with Crippen LogP contribution in [-0.2, 0) is 4.79 Å². The first kappa shape index (κ1) is 12.9. The predicted molar refractivity (Wildman–Crippen MR) is 70.5 cm³/mol. The molecule has 1 aliphatic rings. The molecular formula is C13H14ClN3O. The van der Waals surface area contributed by atoms with Crippen molar-refractivity contribution in [1.29, 1.82) is 5.26 Å². The minimum absolute atomic E-state index is 0.0347. The van der Waals surface area contributed by atoms with Crippen LogP contribution in [0.25, 0.3) is 0 Å². The molecule has 5 heteroatoms. The normalized spacial score (nSPS) is 20.8. The Morgan fingerprint density at radius 2 is 2.28 bits per heavy atom. The van der Waals surface area contributed by atoms with Crippen LogP contribution in [0.5, 0.6) is 0 Å². The van der Waals surface area contributed by atoms with E-state index in [-0.39, 0.29) is 18.4 Å². The van der Waals surface area contributed by atoms with Crippen molar-refractivity contribution >= 4 is 23.2 Å². The first-order valence-corrected chi connectivity index (χ1v) is 6.15. The lowest BCUT2D eigenvalue weighted by atomic mass is 10.1. The van der Waals surface area contributed by atoms with E-state index in [4.69, 9.17) is 16.9 Å². The van der Waals surface area contributed by atoms with Gasteiger partial charge < -0.3 is 4.90 Å². The maximum atomic E-state index is 12.3. The lowest BCUT2D eigenvalue weighted by Gasteiger charge is -2.37. The van der Waals surface area contributed by atoms with Crippen molar-refractivity contribution in [1.82, 2.24) is 4.90 Å². The Labute approximate surface area is 111 Å². The first-order valence-electron chi connectivity index (χ1n) is 5.77. The third-order valence-electron chi connectivity index (χ3n) is 3.16. The Morgan fingerprint density at radius 3 is 2.94 bits per heavy atom. The van der Waals surface area contributed by atoms with Gasteiger partial charge in [0.05, 0.1) is 12.5 Å². The fraction of sp³-hybridized carbons (Fsp3) is 0.385. The van der Waals surface area contributed by atoms with Crippen molar-refractivity contribution in [3.63, 3.8) is 0 Å². The molecule has 1 heterocycles. The minimum Gasteiger partial charge on any atom is -0.310 e. The molecule has 0 aliphatic carbocycles. The molecule has 1 aromatic rings. The smallest absolute Gasteiger partial charge is 0.245 e. The van der Waals surface area contributed by atoms with Gasteiger partial charge in [-0.3, -0.25) is 9.69 Å². The molecule has 0 aromatic heterocycles. The number of likely N-dealkylation sites (N-methyl/N-ethyl adjacent to an activating group) is 1. The van der Waals surface area contributed by atoms with Crippen LogP contribution in [-0.4, -0.2) is 37.0 Å². The molecule has 1 aromatic carbocycles. The summed E-state index contributed by atoms with van der Waals surface area (Å²) in [6.45, 7) is 1.38. The van der Waals surface area contributed by atoms with Crippen LogP contribution >= 0.6 is 11.6 Å². The van der Waals surface area contributed by atoms with Crippen molar-refractivity contribution in [2.24, 2.45) is 0 Å². The van der Waals surface area contributed by atoms with Gasteiger partial charge >= 0.3 is 0 Å². The molecule has 1 atom stereocenters. The molecule has 1 fully saturated rings. The molecule has 4 nitrogen and oxygen atoms in total. The van der Waals surface area contributed by atoms with E-state index in [1.165, 1.54) is 0 Å². The molecule has 0 N–H and O–H groups in total. The zero-order chi connectivity index (χ0) is 13.1. The lowest BCUT2D eigenvalue weighted by Crippen LogP contribution is -2.55. The number of benzene rings is 1. The van der Waals surface area contributed by atoms with Crippen molar-refractivity contribution in [2.75, 3.05) is 25.0 Å². The van der Waals surface area contributed by atoms with Crippen LogP contribution < -0.4 is 4.90 Å². The number of hydrogen-bond acceptors (Lipinski definition) is 3. The molecule has 1 amide bonds. The average Bonchev–Trinajstić information content (AvgIpc) is 2.34. The zero-order valence-corrected chi connectivity index (χ0v) is 10.9. The van der Waals surface area contributed by atoms with Crippen LogP contribution in [0, 0.1) is 11.3 Å². The Bertz CT molecular complexity index is 497. The first-order chi connectivity index (χ1) is 8.63. The van der Waals surface area contributed by atoms with Crippen molar-refractivity contribution in [3.05, 3.63) is 29.3 Å². The van der Waals surface area contributed by atoms with E-state index in [1.54, 1.807) is 17.0 Å². The van der Waals surface area contributed by atoms with Gasteiger partial charge in [-0.05, 0) is 25.2 Å². The second kappa shape index (κ2) is 5.38. The molecule has 94 valence electrons. The van der Waals surface area contributed by atoms with Gasteiger partial charge in [-0.2, -0.15) is 5.26 Å². The monoisotopic (exact) mass is 263 g/mol. The number of carbonyl (C=O) groups is 1. The summed E-state index contributed by atoms with van der Waals surface area (Å²) >= 11 is 5.94. The molecule has 1 saturated heterocycles. The van der Waals surface area contributed by atoms with Gasteiger partial charge in [0.25, 0.3) is 0 Å². The molecule has 1 aliphatic heterocycles. The van der Waals surface area contributed by atoms with Gasteiger partial charge in [0, 0.05) is 23.8 Å². The van der Waals surface area contributed by atoms with E-state index in [9.17, 15) is 4.79 Å². The maximum Gasteiger partial charge on any atom is 0.245 e. The Hall–Kier alpha value is -1.57. The number of piperazine rings is 1. The predicted octanol–water partition coefficient (Wildman–Crippen LogP) is 1.90. The van der Waals surface area contributed by atoms with E-state index in [2.05, 4.69) is 6.07 Å². The average molecular weight is 264 g/mol. The largest absolute Gasteiger partial charge is 0.310 e. The number of rotatable bonds is 2. The Morgan fingerprint density at radius 1 is 1.50 bits per heavy atom. The molecular weight excluding hydrogens is 250 g/mol. The van der Waals surface area contributed by atoms with Crippen molar-refractivity contribution in [3.8, 4) is 6.07 Å². The Kier molecular flexibility index (Phi) is 3.85. The van der Waals surface area contributed by atoms with Crippen LogP contribution in [0.1, 0.15) is 6.42 Å². The summed E-state index contributed by atoms with van der Waals surface area (Å²) in [5.74, 6) is -0.0347. The third-order valence-corrected chi connectivity index (χ3v) is 3.40. The number of anilines is 1. The highest BCUT2D eigenvalue weighted by Crippen LogP contribution is 2.23. The SMILES string of the molecule is CN1CCN(c2cccc(Cl)c2)C(=O)C1CC#N. The highest BCUT2D eigenvalue weighted by Gasteiger charge is 2.33. The van der Waals surface area contributed by atoms with Crippen LogP contribution in [0.3, 0.4) is 0 Å². The van der Waals surface area contributed by atoms with Gasteiger partial charge in [0.15, 0.2) is 0 Å². The highest BCUT2D eigenvalue weighted by atomic mass is 35.5. The van der Waals surface area contributed by atoms with E-state index in [1.807, 2.05) is 24.1 Å². The molecule has 0 spiro atoms. The van der Waals surface area contributed by atoms with Crippen LogP contribution in [0.2, 0.25) is 5.02 Å². The summed E-state index contributed by atoms with van der Waals surface area (Å²) in [5, 5.41) is 9.39. The lowest BCUT2D eigenvalue weighted by molar-refractivity contribution is -0.125. The van der Waals surface area contributed by atoms with Crippen LogP contribution in [0.4, 0.5) is 5.69 Å². The van der Waals surface area contributed by atoms with Gasteiger partial charge in [-0.25, -0.2) is 0 Å². The molecule has 2 rings (SSSR count). The van der Waals surface area contributed by atoms with Gasteiger partial charge in [-0.1, -0.05) is 17.7 Å². The topological polar surface area (TPSA) is 47.3 Å². The van der Waals surface area contributed by atoms with Gasteiger partial charge in [-0.15, -0.1) is 0 Å². The molecule has 0 radical (unpaired) electrons. The second-order valence-electron chi connectivity index (χ2n) is 4.33. The molecule has 1 unspecified atom stereocenters. The number of halogens is 1. The summed E-state index contributed by atoms with van der Waals surface area (Å²) in [6, 6.07) is 8.94. The fourth-order valence-electron chi connectivity index (χ4n) is 2.12. The number of carbonyl (C=O) groups excluding carboxylic acids is 1. The molecule has 0 bridgehead atoms. The Balaban J connectivity index is 2.25. The number of nitriles is 1. The summed E-state index contributed by atoms with van der Waals surface area (Å²) in [4.78, 5) is 16.0. The summed E-state index contributed by atoms with van der Waals surface area (Å²) in [6.07, 6.45) is 0.215. The second-order valence-corrected chi connectivity index (χ2v) is 4.76. The zero-order valence-electron chi connectivity index (χ0n) is 10.1. The summed E-state index contributed by atoms with van der Waals surface area (Å²) in [7, 11) is 1.87. The summed E-state index contributed by atoms with van der Waals surface area (Å²) in [5.41, 5.74) is 0.795. The van der Waals surface area contributed by atoms with Crippen LogP contribution in [0.15, 0.2) is 24.3 Å². The number of amides is 1. The standard InChI is InChI=1S/C13H14ClN3O/c1-16-7-8-17(13(18)12(16)5-6-15)11-4-2-3-10(14)9-11/h2-4,9,12H,5,7-8H2,1H3.